The summed E-state index contributed by atoms with van der Waals surface area (Å²) in [5, 5.41) is 16.5. The molecule has 0 saturated heterocycles. The lowest BCUT2D eigenvalue weighted by Gasteiger charge is -2.05. The molecule has 0 saturated carbocycles. The van der Waals surface area contributed by atoms with Gasteiger partial charge in [-0.25, -0.2) is 4.39 Å². The Morgan fingerprint density at radius 3 is 2.39 bits per heavy atom. The molecule has 0 bridgehead atoms. The molecule has 1 aromatic rings. The van der Waals surface area contributed by atoms with Gasteiger partial charge in [0.05, 0.1) is 5.04 Å². The molecule has 2 nitrogen and oxygen atoms in total. The molecule has 0 aliphatic rings. The fourth-order valence-corrected chi connectivity index (χ4v) is 2.29. The molecule has 18 heavy (non-hydrogen) atoms. The SMILES string of the molecule is CCCCCCC(=N)SC(=N)c1ccc(F)cc1. The maximum atomic E-state index is 12.7. The van der Waals surface area contributed by atoms with E-state index in [4.69, 9.17) is 10.8 Å². The molecule has 0 aliphatic heterocycles. The van der Waals surface area contributed by atoms with Crippen molar-refractivity contribution >= 4 is 21.8 Å². The molecule has 98 valence electrons. The lowest BCUT2D eigenvalue weighted by atomic mass is 10.2. The van der Waals surface area contributed by atoms with Gasteiger partial charge in [0.25, 0.3) is 0 Å². The van der Waals surface area contributed by atoms with Crippen LogP contribution in [0, 0.1) is 16.6 Å². The maximum Gasteiger partial charge on any atom is 0.123 e. The summed E-state index contributed by atoms with van der Waals surface area (Å²) in [6.07, 6.45) is 5.27. The van der Waals surface area contributed by atoms with Crippen LogP contribution in [0.1, 0.15) is 44.6 Å². The highest BCUT2D eigenvalue weighted by Gasteiger charge is 2.06. The van der Waals surface area contributed by atoms with Crippen molar-refractivity contribution in [2.45, 2.75) is 39.0 Å². The van der Waals surface area contributed by atoms with E-state index < -0.39 is 0 Å². The molecule has 0 aromatic heterocycles. The number of thioether (sulfide) groups is 1. The van der Waals surface area contributed by atoms with Crippen molar-refractivity contribution < 1.29 is 4.39 Å². The average molecular weight is 266 g/mol. The molecule has 0 aliphatic carbocycles. The Morgan fingerprint density at radius 1 is 1.11 bits per heavy atom. The van der Waals surface area contributed by atoms with Crippen molar-refractivity contribution in [3.63, 3.8) is 0 Å². The third kappa shape index (κ3) is 5.45. The van der Waals surface area contributed by atoms with Crippen LogP contribution in [-0.4, -0.2) is 10.1 Å². The zero-order valence-electron chi connectivity index (χ0n) is 10.6. The average Bonchev–Trinajstić information content (AvgIpc) is 2.35. The molecule has 2 N–H and O–H groups in total. The molecule has 0 fully saturated rings. The van der Waals surface area contributed by atoms with Gasteiger partial charge in [-0.15, -0.1) is 0 Å². The Morgan fingerprint density at radius 2 is 1.78 bits per heavy atom. The summed E-state index contributed by atoms with van der Waals surface area (Å²) >= 11 is 1.16. The van der Waals surface area contributed by atoms with Crippen molar-refractivity contribution in [1.82, 2.24) is 0 Å². The highest BCUT2D eigenvalue weighted by atomic mass is 32.2. The van der Waals surface area contributed by atoms with Gasteiger partial charge in [0.2, 0.25) is 0 Å². The zero-order valence-corrected chi connectivity index (χ0v) is 11.4. The molecule has 4 heteroatoms. The van der Waals surface area contributed by atoms with E-state index in [1.807, 2.05) is 0 Å². The van der Waals surface area contributed by atoms with Crippen LogP contribution < -0.4 is 0 Å². The van der Waals surface area contributed by atoms with Crippen molar-refractivity contribution in [3.8, 4) is 0 Å². The van der Waals surface area contributed by atoms with E-state index in [-0.39, 0.29) is 5.82 Å². The van der Waals surface area contributed by atoms with Crippen LogP contribution in [0.4, 0.5) is 4.39 Å². The topological polar surface area (TPSA) is 47.7 Å². The van der Waals surface area contributed by atoms with Crippen molar-refractivity contribution in [1.29, 1.82) is 10.8 Å². The number of benzene rings is 1. The van der Waals surface area contributed by atoms with Gasteiger partial charge in [0.15, 0.2) is 0 Å². The molecular formula is C14H19FN2S. The molecule has 1 aromatic carbocycles. The minimum Gasteiger partial charge on any atom is -0.298 e. The molecule has 0 spiro atoms. The molecule has 0 radical (unpaired) electrons. The van der Waals surface area contributed by atoms with Crippen molar-refractivity contribution in [3.05, 3.63) is 35.6 Å². The van der Waals surface area contributed by atoms with Gasteiger partial charge in [-0.3, -0.25) is 10.8 Å². The predicted octanol–water partition coefficient (Wildman–Crippen LogP) is 4.83. The minimum absolute atomic E-state index is 0.300. The van der Waals surface area contributed by atoms with Gasteiger partial charge < -0.3 is 0 Å². The van der Waals surface area contributed by atoms with Gasteiger partial charge in [0.1, 0.15) is 10.9 Å². The molecule has 0 amide bonds. The lowest BCUT2D eigenvalue weighted by molar-refractivity contribution is 0.628. The fraction of sp³-hybridized carbons (Fsp3) is 0.429. The Bertz CT molecular complexity index is 401. The third-order valence-electron chi connectivity index (χ3n) is 2.59. The van der Waals surface area contributed by atoms with Gasteiger partial charge >= 0.3 is 0 Å². The van der Waals surface area contributed by atoms with Gasteiger partial charge in [-0.1, -0.05) is 37.9 Å². The highest BCUT2D eigenvalue weighted by Crippen LogP contribution is 2.17. The normalized spacial score (nSPS) is 10.3. The summed E-state index contributed by atoms with van der Waals surface area (Å²) in [5.41, 5.74) is 0.666. The molecule has 1 rings (SSSR count). The number of unbranched alkanes of at least 4 members (excludes halogenated alkanes) is 3. The summed E-state index contributed by atoms with van der Waals surface area (Å²) in [5.74, 6) is -0.300. The van der Waals surface area contributed by atoms with E-state index >= 15 is 0 Å². The Labute approximate surface area is 112 Å². The Kier molecular flexibility index (Phi) is 6.65. The second kappa shape index (κ2) is 8.03. The molecule has 0 unspecified atom stereocenters. The second-order valence-corrected chi connectivity index (χ2v) is 5.28. The van der Waals surface area contributed by atoms with Crippen LogP contribution in [0.15, 0.2) is 24.3 Å². The number of rotatable bonds is 6. The number of halogens is 1. The predicted molar refractivity (Wildman–Crippen MR) is 77.3 cm³/mol. The van der Waals surface area contributed by atoms with Crippen molar-refractivity contribution in [2.75, 3.05) is 0 Å². The lowest BCUT2D eigenvalue weighted by Crippen LogP contribution is -2.00. The van der Waals surface area contributed by atoms with Gasteiger partial charge in [-0.2, -0.15) is 0 Å². The summed E-state index contributed by atoms with van der Waals surface area (Å²) in [4.78, 5) is 0. The third-order valence-corrected chi connectivity index (χ3v) is 3.48. The first kappa shape index (κ1) is 14.9. The van der Waals surface area contributed by atoms with Crippen LogP contribution in [-0.2, 0) is 0 Å². The second-order valence-electron chi connectivity index (χ2n) is 4.17. The molecule has 0 heterocycles. The van der Waals surface area contributed by atoms with Crippen LogP contribution in [0.2, 0.25) is 0 Å². The van der Waals surface area contributed by atoms with Gasteiger partial charge in [-0.05, 0) is 37.1 Å². The highest BCUT2D eigenvalue weighted by molar-refractivity contribution is 8.26. The maximum absolute atomic E-state index is 12.7. The number of hydrogen-bond donors (Lipinski definition) is 2. The first-order chi connectivity index (χ1) is 8.63. The van der Waals surface area contributed by atoms with Crippen LogP contribution in [0.25, 0.3) is 0 Å². The van der Waals surface area contributed by atoms with Crippen LogP contribution in [0.5, 0.6) is 0 Å². The van der Waals surface area contributed by atoms with E-state index in [1.54, 1.807) is 12.1 Å². The van der Waals surface area contributed by atoms with Gasteiger partial charge in [0, 0.05) is 5.56 Å². The summed E-state index contributed by atoms with van der Waals surface area (Å²) in [6.45, 7) is 2.16. The monoisotopic (exact) mass is 266 g/mol. The minimum atomic E-state index is -0.300. The van der Waals surface area contributed by atoms with Crippen LogP contribution in [0.3, 0.4) is 0 Å². The standard InChI is InChI=1S/C14H19FN2S/c1-2-3-4-5-6-13(16)18-14(17)11-7-9-12(15)10-8-11/h7-10,16-17H,2-6H2,1H3. The van der Waals surface area contributed by atoms with Crippen LogP contribution >= 0.6 is 11.8 Å². The van der Waals surface area contributed by atoms with Crippen molar-refractivity contribution in [2.24, 2.45) is 0 Å². The number of nitrogens with one attached hydrogen (secondary N) is 2. The van der Waals surface area contributed by atoms with E-state index in [0.717, 1.165) is 31.0 Å². The summed E-state index contributed by atoms with van der Waals surface area (Å²) in [7, 11) is 0. The first-order valence-corrected chi connectivity index (χ1v) is 7.05. The summed E-state index contributed by atoms with van der Waals surface area (Å²) < 4.78 is 12.7. The largest absolute Gasteiger partial charge is 0.298 e. The Balaban J connectivity index is 2.35. The fourth-order valence-electron chi connectivity index (χ4n) is 1.55. The molecule has 0 atom stereocenters. The van der Waals surface area contributed by atoms with E-state index in [2.05, 4.69) is 6.92 Å². The van der Waals surface area contributed by atoms with E-state index in [9.17, 15) is 4.39 Å². The quantitative estimate of drug-likeness (QED) is 0.432. The number of hydrogen-bond acceptors (Lipinski definition) is 3. The first-order valence-electron chi connectivity index (χ1n) is 6.23. The van der Waals surface area contributed by atoms with E-state index in [0.29, 0.717) is 15.7 Å². The smallest absolute Gasteiger partial charge is 0.123 e. The zero-order chi connectivity index (χ0) is 13.4. The van der Waals surface area contributed by atoms with E-state index in [1.165, 1.54) is 25.0 Å². The summed E-state index contributed by atoms with van der Waals surface area (Å²) in [6, 6.07) is 5.84. The molecular weight excluding hydrogens is 247 g/mol. The Hall–Kier alpha value is -1.16.